The smallest absolute Gasteiger partial charge is 0.235 e. The summed E-state index contributed by atoms with van der Waals surface area (Å²) in [7, 11) is -3.67. The standard InChI is InChI=1S/C19H26N2O3S/c1-2-3-6-12-20-13-14-21-19(22)15-25(23,24)18-11-7-9-16-8-4-5-10-17(16)18/h4-5,7-11,20H,2-3,6,12-15H2,1H3,(H,21,22). The first-order valence-corrected chi connectivity index (χ1v) is 10.4. The molecule has 0 spiro atoms. The van der Waals surface area contributed by atoms with Gasteiger partial charge in [0, 0.05) is 18.5 Å². The van der Waals surface area contributed by atoms with Gasteiger partial charge in [0.25, 0.3) is 0 Å². The molecule has 0 saturated heterocycles. The Labute approximate surface area is 149 Å². The molecule has 136 valence electrons. The van der Waals surface area contributed by atoms with Crippen LogP contribution in [0.4, 0.5) is 0 Å². The molecule has 0 heterocycles. The topological polar surface area (TPSA) is 75.3 Å². The molecule has 0 aromatic heterocycles. The lowest BCUT2D eigenvalue weighted by Crippen LogP contribution is -2.35. The van der Waals surface area contributed by atoms with Crippen LogP contribution in [0.5, 0.6) is 0 Å². The Hall–Kier alpha value is -1.92. The van der Waals surface area contributed by atoms with Crippen LogP contribution in [0.25, 0.3) is 10.8 Å². The SMILES string of the molecule is CCCCCNCCNC(=O)CS(=O)(=O)c1cccc2ccccc12. The molecule has 0 saturated carbocycles. The van der Waals surface area contributed by atoms with Gasteiger partial charge >= 0.3 is 0 Å². The number of amides is 1. The zero-order valence-electron chi connectivity index (χ0n) is 14.6. The second-order valence-corrected chi connectivity index (χ2v) is 8.00. The maximum atomic E-state index is 12.6. The van der Waals surface area contributed by atoms with Crippen LogP contribution in [-0.4, -0.2) is 39.7 Å². The number of hydrogen-bond donors (Lipinski definition) is 2. The Morgan fingerprint density at radius 1 is 0.960 bits per heavy atom. The first-order valence-electron chi connectivity index (χ1n) is 8.72. The predicted molar refractivity (Wildman–Crippen MR) is 101 cm³/mol. The number of nitrogens with one attached hydrogen (secondary N) is 2. The first-order chi connectivity index (χ1) is 12.0. The molecule has 6 heteroatoms. The minimum absolute atomic E-state index is 0.207. The number of hydrogen-bond acceptors (Lipinski definition) is 4. The Kier molecular flexibility index (Phi) is 7.40. The van der Waals surface area contributed by atoms with E-state index >= 15 is 0 Å². The molecule has 2 N–H and O–H groups in total. The summed E-state index contributed by atoms with van der Waals surface area (Å²) in [5.74, 6) is -1.00. The molecular formula is C19H26N2O3S. The molecule has 0 aliphatic heterocycles. The molecule has 0 radical (unpaired) electrons. The van der Waals surface area contributed by atoms with Gasteiger partial charge in [-0.15, -0.1) is 0 Å². The van der Waals surface area contributed by atoms with E-state index in [1.54, 1.807) is 24.3 Å². The van der Waals surface area contributed by atoms with Crippen molar-refractivity contribution in [3.05, 3.63) is 42.5 Å². The largest absolute Gasteiger partial charge is 0.354 e. The Bertz CT molecular complexity index is 798. The second-order valence-electron chi connectivity index (χ2n) is 6.04. The van der Waals surface area contributed by atoms with Crippen LogP contribution in [0.2, 0.25) is 0 Å². The molecule has 2 aromatic rings. The van der Waals surface area contributed by atoms with Gasteiger partial charge in [0.2, 0.25) is 5.91 Å². The molecule has 0 bridgehead atoms. The molecule has 0 fully saturated rings. The lowest BCUT2D eigenvalue weighted by Gasteiger charge is -2.09. The average Bonchev–Trinajstić information content (AvgIpc) is 2.60. The lowest BCUT2D eigenvalue weighted by molar-refractivity contribution is -0.118. The van der Waals surface area contributed by atoms with Gasteiger partial charge in [-0.05, 0) is 24.4 Å². The third kappa shape index (κ3) is 5.83. The van der Waals surface area contributed by atoms with E-state index < -0.39 is 21.5 Å². The van der Waals surface area contributed by atoms with E-state index in [4.69, 9.17) is 0 Å². The number of fused-ring (bicyclic) bond motifs is 1. The average molecular weight is 362 g/mol. The minimum atomic E-state index is -3.67. The molecule has 1 amide bonds. The number of benzene rings is 2. The summed E-state index contributed by atoms with van der Waals surface area (Å²) in [4.78, 5) is 12.2. The van der Waals surface area contributed by atoms with E-state index in [-0.39, 0.29) is 4.90 Å². The zero-order chi connectivity index (χ0) is 18.1. The molecule has 0 unspecified atom stereocenters. The van der Waals surface area contributed by atoms with E-state index in [0.29, 0.717) is 18.5 Å². The van der Waals surface area contributed by atoms with Crippen LogP contribution < -0.4 is 10.6 Å². The molecule has 0 aliphatic rings. The van der Waals surface area contributed by atoms with Gasteiger partial charge in [0.05, 0.1) is 4.90 Å². The van der Waals surface area contributed by atoms with Crippen molar-refractivity contribution in [2.24, 2.45) is 0 Å². The quantitative estimate of drug-likeness (QED) is 0.637. The molecule has 0 atom stereocenters. The van der Waals surface area contributed by atoms with Crippen molar-refractivity contribution < 1.29 is 13.2 Å². The van der Waals surface area contributed by atoms with Crippen LogP contribution >= 0.6 is 0 Å². The van der Waals surface area contributed by atoms with Gasteiger partial charge in [0.15, 0.2) is 9.84 Å². The van der Waals surface area contributed by atoms with Crippen molar-refractivity contribution in [1.29, 1.82) is 0 Å². The summed E-state index contributed by atoms with van der Waals surface area (Å²) < 4.78 is 25.2. The van der Waals surface area contributed by atoms with Gasteiger partial charge in [-0.3, -0.25) is 4.79 Å². The Morgan fingerprint density at radius 2 is 1.72 bits per heavy atom. The summed E-state index contributed by atoms with van der Waals surface area (Å²) in [6.45, 7) is 4.13. The first kappa shape index (κ1) is 19.4. The zero-order valence-corrected chi connectivity index (χ0v) is 15.4. The summed E-state index contributed by atoms with van der Waals surface area (Å²) in [6.07, 6.45) is 3.47. The molecule has 2 aromatic carbocycles. The lowest BCUT2D eigenvalue weighted by atomic mass is 10.1. The van der Waals surface area contributed by atoms with Crippen LogP contribution in [0.3, 0.4) is 0 Å². The highest BCUT2D eigenvalue weighted by atomic mass is 32.2. The van der Waals surface area contributed by atoms with Gasteiger partial charge < -0.3 is 10.6 Å². The number of rotatable bonds is 10. The van der Waals surface area contributed by atoms with E-state index in [1.807, 2.05) is 18.2 Å². The van der Waals surface area contributed by atoms with Crippen molar-refractivity contribution in [2.75, 3.05) is 25.4 Å². The summed E-state index contributed by atoms with van der Waals surface area (Å²) in [6, 6.07) is 12.4. The maximum absolute atomic E-state index is 12.6. The second kappa shape index (κ2) is 9.53. The highest BCUT2D eigenvalue weighted by Crippen LogP contribution is 2.23. The molecule has 2 rings (SSSR count). The van der Waals surface area contributed by atoms with Crippen molar-refractivity contribution in [3.63, 3.8) is 0 Å². The van der Waals surface area contributed by atoms with Gasteiger partial charge in [-0.2, -0.15) is 0 Å². The molecule has 0 aliphatic carbocycles. The molecular weight excluding hydrogens is 336 g/mol. The van der Waals surface area contributed by atoms with E-state index in [2.05, 4.69) is 17.6 Å². The summed E-state index contributed by atoms with van der Waals surface area (Å²) in [5.41, 5.74) is 0. The third-order valence-corrected chi connectivity index (χ3v) is 5.66. The third-order valence-electron chi connectivity index (χ3n) is 3.99. The number of sulfone groups is 1. The van der Waals surface area contributed by atoms with Crippen molar-refractivity contribution in [2.45, 2.75) is 31.1 Å². The number of carbonyl (C=O) groups is 1. The number of unbranched alkanes of at least 4 members (excludes halogenated alkanes) is 2. The van der Waals surface area contributed by atoms with Gasteiger partial charge in [-0.25, -0.2) is 8.42 Å². The summed E-state index contributed by atoms with van der Waals surface area (Å²) in [5, 5.41) is 7.39. The Morgan fingerprint density at radius 3 is 2.52 bits per heavy atom. The monoisotopic (exact) mass is 362 g/mol. The number of carbonyl (C=O) groups excluding carboxylic acids is 1. The molecule has 5 nitrogen and oxygen atoms in total. The van der Waals surface area contributed by atoms with Crippen LogP contribution in [0.1, 0.15) is 26.2 Å². The fraction of sp³-hybridized carbons (Fsp3) is 0.421. The van der Waals surface area contributed by atoms with E-state index in [1.165, 1.54) is 12.8 Å². The highest BCUT2D eigenvalue weighted by Gasteiger charge is 2.21. The maximum Gasteiger partial charge on any atom is 0.235 e. The van der Waals surface area contributed by atoms with E-state index in [9.17, 15) is 13.2 Å². The minimum Gasteiger partial charge on any atom is -0.354 e. The molecule has 25 heavy (non-hydrogen) atoms. The van der Waals surface area contributed by atoms with Crippen molar-refractivity contribution >= 4 is 26.5 Å². The van der Waals surface area contributed by atoms with E-state index in [0.717, 1.165) is 18.4 Å². The predicted octanol–water partition coefficient (Wildman–Crippen LogP) is 2.51. The Balaban J connectivity index is 1.89. The van der Waals surface area contributed by atoms with Crippen LogP contribution in [0, 0.1) is 0 Å². The highest BCUT2D eigenvalue weighted by molar-refractivity contribution is 7.92. The van der Waals surface area contributed by atoms with Crippen molar-refractivity contribution in [1.82, 2.24) is 10.6 Å². The van der Waals surface area contributed by atoms with Gasteiger partial charge in [-0.1, -0.05) is 56.2 Å². The summed E-state index contributed by atoms with van der Waals surface area (Å²) >= 11 is 0. The fourth-order valence-electron chi connectivity index (χ4n) is 2.68. The normalized spacial score (nSPS) is 11.6. The van der Waals surface area contributed by atoms with Crippen LogP contribution in [0.15, 0.2) is 47.4 Å². The van der Waals surface area contributed by atoms with Gasteiger partial charge in [0.1, 0.15) is 5.75 Å². The van der Waals surface area contributed by atoms with Crippen LogP contribution in [-0.2, 0) is 14.6 Å². The fourth-order valence-corrected chi connectivity index (χ4v) is 4.09. The van der Waals surface area contributed by atoms with Crippen molar-refractivity contribution in [3.8, 4) is 0 Å².